The lowest BCUT2D eigenvalue weighted by Gasteiger charge is -2.27. The molecule has 1 aliphatic heterocycles. The van der Waals surface area contributed by atoms with Crippen LogP contribution in [0.3, 0.4) is 0 Å². The number of carboxylic acids is 1. The van der Waals surface area contributed by atoms with Crippen LogP contribution in [0.25, 0.3) is 0 Å². The molecule has 0 saturated carbocycles. The van der Waals surface area contributed by atoms with Gasteiger partial charge in [0.15, 0.2) is 0 Å². The molecule has 1 fully saturated rings. The maximum Gasteiger partial charge on any atom is 0.321 e. The van der Waals surface area contributed by atoms with E-state index in [4.69, 9.17) is 15.6 Å². The lowest BCUT2D eigenvalue weighted by molar-refractivity contribution is -0.142. The standard InChI is InChI=1S/C11H20N2O4/c1-13(7-8-2-4-17-5-3-8)10(14)6-9(12)11(15)16/h8-9H,2-7,12H2,1H3,(H,15,16). The van der Waals surface area contributed by atoms with E-state index < -0.39 is 12.0 Å². The molecule has 98 valence electrons. The number of rotatable bonds is 5. The van der Waals surface area contributed by atoms with Crippen LogP contribution < -0.4 is 5.73 Å². The number of nitrogens with two attached hydrogens (primary N) is 1. The molecule has 6 heteroatoms. The van der Waals surface area contributed by atoms with Crippen LogP contribution >= 0.6 is 0 Å². The predicted molar refractivity (Wildman–Crippen MR) is 61.4 cm³/mol. The summed E-state index contributed by atoms with van der Waals surface area (Å²) in [6, 6.07) is -1.11. The van der Waals surface area contributed by atoms with Gasteiger partial charge in [-0.15, -0.1) is 0 Å². The van der Waals surface area contributed by atoms with Gasteiger partial charge in [-0.25, -0.2) is 0 Å². The summed E-state index contributed by atoms with van der Waals surface area (Å²) >= 11 is 0. The number of ether oxygens (including phenoxy) is 1. The zero-order valence-corrected chi connectivity index (χ0v) is 10.1. The molecule has 1 saturated heterocycles. The van der Waals surface area contributed by atoms with Gasteiger partial charge in [-0.1, -0.05) is 0 Å². The summed E-state index contributed by atoms with van der Waals surface area (Å²) in [5, 5.41) is 8.62. The van der Waals surface area contributed by atoms with Gasteiger partial charge in [0, 0.05) is 26.8 Å². The minimum atomic E-state index is -1.14. The number of aliphatic carboxylic acids is 1. The average molecular weight is 244 g/mol. The van der Waals surface area contributed by atoms with Crippen molar-refractivity contribution in [3.8, 4) is 0 Å². The fourth-order valence-electron chi connectivity index (χ4n) is 1.85. The molecule has 0 radical (unpaired) electrons. The van der Waals surface area contributed by atoms with Crippen molar-refractivity contribution in [2.24, 2.45) is 11.7 Å². The van der Waals surface area contributed by atoms with Crippen LogP contribution in [0, 0.1) is 5.92 Å². The lowest BCUT2D eigenvalue weighted by atomic mass is 9.99. The zero-order valence-electron chi connectivity index (χ0n) is 10.1. The highest BCUT2D eigenvalue weighted by atomic mass is 16.5. The van der Waals surface area contributed by atoms with Crippen molar-refractivity contribution in [1.29, 1.82) is 0 Å². The Bertz CT molecular complexity index is 277. The molecule has 17 heavy (non-hydrogen) atoms. The van der Waals surface area contributed by atoms with E-state index in [0.29, 0.717) is 12.5 Å². The fourth-order valence-corrected chi connectivity index (χ4v) is 1.85. The maximum atomic E-state index is 11.7. The van der Waals surface area contributed by atoms with E-state index >= 15 is 0 Å². The molecule has 0 aromatic carbocycles. The van der Waals surface area contributed by atoms with Gasteiger partial charge in [0.25, 0.3) is 0 Å². The normalized spacial score (nSPS) is 18.7. The maximum absolute atomic E-state index is 11.7. The molecule has 1 aliphatic rings. The minimum Gasteiger partial charge on any atom is -0.480 e. The Kier molecular flexibility index (Phi) is 5.37. The third-order valence-electron chi connectivity index (χ3n) is 3.01. The van der Waals surface area contributed by atoms with Gasteiger partial charge in [-0.3, -0.25) is 9.59 Å². The summed E-state index contributed by atoms with van der Waals surface area (Å²) in [5.74, 6) is -0.914. The number of carboxylic acid groups (broad SMARTS) is 1. The number of hydrogen-bond donors (Lipinski definition) is 2. The molecule has 1 unspecified atom stereocenters. The molecule has 1 heterocycles. The van der Waals surface area contributed by atoms with Crippen molar-refractivity contribution in [1.82, 2.24) is 4.90 Å². The number of hydrogen-bond acceptors (Lipinski definition) is 4. The van der Waals surface area contributed by atoms with Crippen molar-refractivity contribution in [3.05, 3.63) is 0 Å². The van der Waals surface area contributed by atoms with E-state index in [2.05, 4.69) is 0 Å². The second-order valence-electron chi connectivity index (χ2n) is 4.48. The van der Waals surface area contributed by atoms with Crippen molar-refractivity contribution in [2.75, 3.05) is 26.8 Å². The van der Waals surface area contributed by atoms with E-state index in [1.54, 1.807) is 11.9 Å². The molecule has 0 spiro atoms. The van der Waals surface area contributed by atoms with Gasteiger partial charge >= 0.3 is 5.97 Å². The summed E-state index contributed by atoms with van der Waals surface area (Å²) in [6.45, 7) is 2.12. The van der Waals surface area contributed by atoms with Gasteiger partial charge in [0.05, 0.1) is 6.42 Å². The first kappa shape index (κ1) is 13.9. The average Bonchev–Trinajstić information content (AvgIpc) is 2.29. The van der Waals surface area contributed by atoms with Crippen molar-refractivity contribution < 1.29 is 19.4 Å². The van der Waals surface area contributed by atoms with Gasteiger partial charge in [-0.2, -0.15) is 0 Å². The molecule has 1 atom stereocenters. The van der Waals surface area contributed by atoms with E-state index in [1.165, 1.54) is 0 Å². The van der Waals surface area contributed by atoms with Crippen molar-refractivity contribution in [2.45, 2.75) is 25.3 Å². The Hall–Kier alpha value is -1.14. The van der Waals surface area contributed by atoms with Gasteiger partial charge < -0.3 is 20.5 Å². The minimum absolute atomic E-state index is 0.144. The topological polar surface area (TPSA) is 92.9 Å². The molecule has 1 rings (SSSR count). The Morgan fingerprint density at radius 1 is 1.47 bits per heavy atom. The largest absolute Gasteiger partial charge is 0.480 e. The Morgan fingerprint density at radius 3 is 2.59 bits per heavy atom. The highest BCUT2D eigenvalue weighted by Gasteiger charge is 2.22. The lowest BCUT2D eigenvalue weighted by Crippen LogP contribution is -2.40. The first-order chi connectivity index (χ1) is 8.00. The van der Waals surface area contributed by atoms with Gasteiger partial charge in [-0.05, 0) is 18.8 Å². The molecule has 6 nitrogen and oxygen atoms in total. The van der Waals surface area contributed by atoms with Crippen LogP contribution in [-0.2, 0) is 14.3 Å². The van der Waals surface area contributed by atoms with Crippen LogP contribution in [0.15, 0.2) is 0 Å². The summed E-state index contributed by atoms with van der Waals surface area (Å²) < 4.78 is 5.24. The molecular weight excluding hydrogens is 224 g/mol. The van der Waals surface area contributed by atoms with Crippen LogP contribution in [0.1, 0.15) is 19.3 Å². The molecule has 1 amide bonds. The Morgan fingerprint density at radius 2 is 2.06 bits per heavy atom. The third kappa shape index (κ3) is 4.70. The van der Waals surface area contributed by atoms with E-state index in [9.17, 15) is 9.59 Å². The zero-order chi connectivity index (χ0) is 12.8. The van der Waals surface area contributed by atoms with Crippen LogP contribution in [0.2, 0.25) is 0 Å². The quantitative estimate of drug-likeness (QED) is 0.691. The van der Waals surface area contributed by atoms with E-state index in [1.807, 2.05) is 0 Å². The second-order valence-corrected chi connectivity index (χ2v) is 4.48. The smallest absolute Gasteiger partial charge is 0.321 e. The van der Waals surface area contributed by atoms with Gasteiger partial charge in [0.2, 0.25) is 5.91 Å². The number of carbonyl (C=O) groups excluding carboxylic acids is 1. The molecule has 0 aromatic heterocycles. The molecule has 3 N–H and O–H groups in total. The predicted octanol–water partition coefficient (Wildman–Crippen LogP) is -0.327. The first-order valence-electron chi connectivity index (χ1n) is 5.80. The van der Waals surface area contributed by atoms with Gasteiger partial charge in [0.1, 0.15) is 6.04 Å². The van der Waals surface area contributed by atoms with Crippen LogP contribution in [0.5, 0.6) is 0 Å². The SMILES string of the molecule is CN(CC1CCOCC1)C(=O)CC(N)C(=O)O. The van der Waals surface area contributed by atoms with Crippen molar-refractivity contribution >= 4 is 11.9 Å². The molecular formula is C11H20N2O4. The molecule has 0 aromatic rings. The Balaban J connectivity index is 2.33. The van der Waals surface area contributed by atoms with Crippen LogP contribution in [0.4, 0.5) is 0 Å². The monoisotopic (exact) mass is 244 g/mol. The van der Waals surface area contributed by atoms with Crippen LogP contribution in [-0.4, -0.2) is 54.7 Å². The Labute approximate surface area is 101 Å². The fraction of sp³-hybridized carbons (Fsp3) is 0.818. The highest BCUT2D eigenvalue weighted by Crippen LogP contribution is 2.15. The second kappa shape index (κ2) is 6.56. The number of amides is 1. The summed E-state index contributed by atoms with van der Waals surface area (Å²) in [4.78, 5) is 23.8. The summed E-state index contributed by atoms with van der Waals surface area (Å²) in [6.07, 6.45) is 1.75. The number of nitrogens with zero attached hydrogens (tertiary/aromatic N) is 1. The first-order valence-corrected chi connectivity index (χ1v) is 5.80. The summed E-state index contributed by atoms with van der Waals surface area (Å²) in [7, 11) is 1.69. The highest BCUT2D eigenvalue weighted by molar-refractivity contribution is 5.84. The molecule has 0 aliphatic carbocycles. The molecule has 0 bridgehead atoms. The summed E-state index contributed by atoms with van der Waals surface area (Å²) in [5.41, 5.74) is 5.32. The number of carbonyl (C=O) groups is 2. The third-order valence-corrected chi connectivity index (χ3v) is 3.01. The van der Waals surface area contributed by atoms with Crippen molar-refractivity contribution in [3.63, 3.8) is 0 Å². The van der Waals surface area contributed by atoms with E-state index in [-0.39, 0.29) is 12.3 Å². The van der Waals surface area contributed by atoms with E-state index in [0.717, 1.165) is 26.1 Å².